The number of anilines is 1. The number of primary amides is 1. The molecule has 1 fully saturated rings. The number of carbonyl (C=O) groups is 1. The number of fused-ring (bicyclic) bond motifs is 1. The van der Waals surface area contributed by atoms with Gasteiger partial charge >= 0.3 is 0 Å². The van der Waals surface area contributed by atoms with Gasteiger partial charge in [0.2, 0.25) is 5.91 Å². The quantitative estimate of drug-likeness (QED) is 0.894. The van der Waals surface area contributed by atoms with Gasteiger partial charge < -0.3 is 11.5 Å². The van der Waals surface area contributed by atoms with E-state index in [1.54, 1.807) is 0 Å². The molecule has 21 heavy (non-hydrogen) atoms. The fraction of sp³-hybridized carbons (Fsp3) is 0.375. The predicted octanol–water partition coefficient (Wildman–Crippen LogP) is 1.51. The second-order valence-corrected chi connectivity index (χ2v) is 6.11. The van der Waals surface area contributed by atoms with Gasteiger partial charge in [0.1, 0.15) is 5.82 Å². The lowest BCUT2D eigenvalue weighted by molar-refractivity contribution is -0.126. The van der Waals surface area contributed by atoms with Crippen LogP contribution in [0.5, 0.6) is 0 Å². The number of nitrogen functional groups attached to an aromatic ring is 1. The van der Waals surface area contributed by atoms with Crippen LogP contribution in [0.3, 0.4) is 0 Å². The van der Waals surface area contributed by atoms with E-state index in [2.05, 4.69) is 16.0 Å². The first kappa shape index (κ1) is 13.8. The number of hydrogen-bond donors (Lipinski definition) is 2. The summed E-state index contributed by atoms with van der Waals surface area (Å²) in [5.74, 6) is 0.330. The number of rotatable bonds is 3. The van der Waals surface area contributed by atoms with Crippen molar-refractivity contribution in [3.63, 3.8) is 0 Å². The molecule has 0 radical (unpaired) electrons. The van der Waals surface area contributed by atoms with E-state index in [1.165, 1.54) is 0 Å². The Morgan fingerprint density at radius 1 is 1.43 bits per heavy atom. The Bertz CT molecular complexity index is 700. The molecule has 2 aromatic rings. The number of amides is 1. The van der Waals surface area contributed by atoms with Crippen LogP contribution >= 0.6 is 0 Å². The van der Waals surface area contributed by atoms with Gasteiger partial charge in [0.05, 0.1) is 10.9 Å². The monoisotopic (exact) mass is 284 g/mol. The molecule has 2 heterocycles. The minimum atomic E-state index is -0.432. The van der Waals surface area contributed by atoms with Crippen molar-refractivity contribution in [3.8, 4) is 0 Å². The molecule has 1 aliphatic heterocycles. The third-order valence-electron chi connectivity index (χ3n) is 4.38. The fourth-order valence-corrected chi connectivity index (χ4v) is 2.93. The van der Waals surface area contributed by atoms with Crippen molar-refractivity contribution in [1.82, 2.24) is 9.88 Å². The average molecular weight is 284 g/mol. The van der Waals surface area contributed by atoms with E-state index in [0.29, 0.717) is 18.9 Å². The standard InChI is InChI=1S/C16H20N4O/c1-16(15(18)21)6-7-20(10-16)9-12-8-11-4-2-3-5-13(11)19-14(12)17/h2-5,8H,6-7,9-10H2,1H3,(H2,17,19)(H2,18,21). The summed E-state index contributed by atoms with van der Waals surface area (Å²) < 4.78 is 0. The Morgan fingerprint density at radius 2 is 2.19 bits per heavy atom. The predicted molar refractivity (Wildman–Crippen MR) is 83.4 cm³/mol. The molecule has 3 rings (SSSR count). The maximum atomic E-state index is 11.5. The van der Waals surface area contributed by atoms with Gasteiger partial charge in [-0.25, -0.2) is 4.98 Å². The highest BCUT2D eigenvalue weighted by atomic mass is 16.1. The van der Waals surface area contributed by atoms with Crippen molar-refractivity contribution in [2.75, 3.05) is 18.8 Å². The fourth-order valence-electron chi connectivity index (χ4n) is 2.93. The zero-order valence-corrected chi connectivity index (χ0v) is 12.2. The molecular formula is C16H20N4O. The van der Waals surface area contributed by atoms with Gasteiger partial charge in [0.15, 0.2) is 0 Å². The maximum absolute atomic E-state index is 11.5. The molecule has 0 saturated carbocycles. The van der Waals surface area contributed by atoms with E-state index in [4.69, 9.17) is 11.5 Å². The van der Waals surface area contributed by atoms with Crippen molar-refractivity contribution >= 4 is 22.6 Å². The number of carbonyl (C=O) groups excluding carboxylic acids is 1. The molecule has 110 valence electrons. The van der Waals surface area contributed by atoms with Gasteiger partial charge in [-0.3, -0.25) is 9.69 Å². The Balaban J connectivity index is 1.83. The molecule has 0 bridgehead atoms. The first-order valence-corrected chi connectivity index (χ1v) is 7.14. The van der Waals surface area contributed by atoms with Gasteiger partial charge in [-0.1, -0.05) is 18.2 Å². The topological polar surface area (TPSA) is 85.2 Å². The number of aromatic nitrogens is 1. The smallest absolute Gasteiger partial charge is 0.224 e. The second kappa shape index (κ2) is 5.00. The van der Waals surface area contributed by atoms with E-state index in [-0.39, 0.29) is 5.91 Å². The Labute approximate surface area is 123 Å². The number of nitrogens with two attached hydrogens (primary N) is 2. The summed E-state index contributed by atoms with van der Waals surface area (Å²) in [6.45, 7) is 4.16. The lowest BCUT2D eigenvalue weighted by Gasteiger charge is -2.21. The number of para-hydroxylation sites is 1. The molecular weight excluding hydrogens is 264 g/mol. The van der Waals surface area contributed by atoms with Crippen LogP contribution in [0.25, 0.3) is 10.9 Å². The van der Waals surface area contributed by atoms with Crippen LogP contribution in [-0.2, 0) is 11.3 Å². The third-order valence-corrected chi connectivity index (χ3v) is 4.38. The van der Waals surface area contributed by atoms with Crippen LogP contribution in [0.2, 0.25) is 0 Å². The largest absolute Gasteiger partial charge is 0.383 e. The molecule has 1 atom stereocenters. The number of pyridine rings is 1. The zero-order valence-electron chi connectivity index (χ0n) is 12.2. The Hall–Kier alpha value is -2.14. The number of likely N-dealkylation sites (tertiary alicyclic amines) is 1. The Kier molecular flexibility index (Phi) is 3.29. The minimum absolute atomic E-state index is 0.227. The van der Waals surface area contributed by atoms with Gasteiger partial charge in [-0.05, 0) is 32.0 Å². The van der Waals surface area contributed by atoms with E-state index in [0.717, 1.165) is 29.4 Å². The highest BCUT2D eigenvalue weighted by molar-refractivity contribution is 5.82. The van der Waals surface area contributed by atoms with E-state index >= 15 is 0 Å². The zero-order chi connectivity index (χ0) is 15.0. The molecule has 5 nitrogen and oxygen atoms in total. The lowest BCUT2D eigenvalue weighted by atomic mass is 9.89. The summed E-state index contributed by atoms with van der Waals surface area (Å²) in [6, 6.07) is 10.0. The van der Waals surface area contributed by atoms with Crippen molar-refractivity contribution < 1.29 is 4.79 Å². The van der Waals surface area contributed by atoms with Crippen LogP contribution in [0, 0.1) is 5.41 Å². The molecule has 1 aromatic heterocycles. The van der Waals surface area contributed by atoms with Gasteiger partial charge in [-0.2, -0.15) is 0 Å². The first-order chi connectivity index (χ1) is 9.98. The van der Waals surface area contributed by atoms with E-state index < -0.39 is 5.41 Å². The summed E-state index contributed by atoms with van der Waals surface area (Å²) in [6.07, 6.45) is 0.795. The average Bonchev–Trinajstić information content (AvgIpc) is 2.83. The number of benzene rings is 1. The lowest BCUT2D eigenvalue weighted by Crippen LogP contribution is -2.37. The number of hydrogen-bond acceptors (Lipinski definition) is 4. The van der Waals surface area contributed by atoms with Crippen molar-refractivity contribution in [1.29, 1.82) is 0 Å². The molecule has 1 aliphatic rings. The summed E-state index contributed by atoms with van der Waals surface area (Å²) in [5.41, 5.74) is 13.0. The van der Waals surface area contributed by atoms with Crippen LogP contribution in [-0.4, -0.2) is 28.9 Å². The summed E-state index contributed by atoms with van der Waals surface area (Å²) in [4.78, 5) is 18.2. The molecule has 4 N–H and O–H groups in total. The molecule has 1 aromatic carbocycles. The first-order valence-electron chi connectivity index (χ1n) is 7.14. The van der Waals surface area contributed by atoms with E-state index in [9.17, 15) is 4.79 Å². The minimum Gasteiger partial charge on any atom is -0.383 e. The molecule has 0 spiro atoms. The van der Waals surface area contributed by atoms with Crippen molar-refractivity contribution in [2.24, 2.45) is 11.1 Å². The second-order valence-electron chi connectivity index (χ2n) is 6.11. The summed E-state index contributed by atoms with van der Waals surface area (Å²) in [7, 11) is 0. The van der Waals surface area contributed by atoms with Crippen LogP contribution in [0.4, 0.5) is 5.82 Å². The summed E-state index contributed by atoms with van der Waals surface area (Å²) in [5, 5.41) is 1.08. The normalized spacial score (nSPS) is 22.7. The molecule has 1 saturated heterocycles. The van der Waals surface area contributed by atoms with Gasteiger partial charge in [0, 0.05) is 24.0 Å². The molecule has 5 heteroatoms. The SMILES string of the molecule is CC1(C(N)=O)CCN(Cc2cc3ccccc3nc2N)C1. The van der Waals surface area contributed by atoms with Crippen LogP contribution < -0.4 is 11.5 Å². The summed E-state index contributed by atoms with van der Waals surface area (Å²) >= 11 is 0. The third kappa shape index (κ3) is 2.56. The van der Waals surface area contributed by atoms with Gasteiger partial charge in [-0.15, -0.1) is 0 Å². The highest BCUT2D eigenvalue weighted by Gasteiger charge is 2.38. The van der Waals surface area contributed by atoms with Crippen LogP contribution in [0.1, 0.15) is 18.9 Å². The van der Waals surface area contributed by atoms with E-state index in [1.807, 2.05) is 31.2 Å². The van der Waals surface area contributed by atoms with Crippen LogP contribution in [0.15, 0.2) is 30.3 Å². The van der Waals surface area contributed by atoms with Crippen molar-refractivity contribution in [2.45, 2.75) is 19.9 Å². The maximum Gasteiger partial charge on any atom is 0.224 e. The highest BCUT2D eigenvalue weighted by Crippen LogP contribution is 2.31. The Morgan fingerprint density at radius 3 is 2.90 bits per heavy atom. The molecule has 1 unspecified atom stereocenters. The number of nitrogens with zero attached hydrogens (tertiary/aromatic N) is 2. The van der Waals surface area contributed by atoms with Crippen molar-refractivity contribution in [3.05, 3.63) is 35.9 Å². The van der Waals surface area contributed by atoms with Gasteiger partial charge in [0.25, 0.3) is 0 Å². The molecule has 0 aliphatic carbocycles. The molecule has 1 amide bonds.